The average molecular weight is 369 g/mol. The van der Waals surface area contributed by atoms with Gasteiger partial charge in [-0.25, -0.2) is 0 Å². The first kappa shape index (κ1) is 16.2. The number of allylic oxidation sites excluding steroid dienone is 1. The molecule has 0 aromatic heterocycles. The Kier molecular flexibility index (Phi) is 2.73. The normalized spacial score (nSPS) is 65.0. The van der Waals surface area contributed by atoms with E-state index in [9.17, 15) is 9.90 Å². The summed E-state index contributed by atoms with van der Waals surface area (Å²) in [5.74, 6) is 5.84. The number of hydrogen-bond donors (Lipinski definition) is 1. The van der Waals surface area contributed by atoms with Gasteiger partial charge in [-0.15, -0.1) is 0 Å². The van der Waals surface area contributed by atoms with Crippen molar-refractivity contribution >= 4 is 5.78 Å². The van der Waals surface area contributed by atoms with Crippen LogP contribution in [0, 0.1) is 52.3 Å². The fourth-order valence-electron chi connectivity index (χ4n) is 9.88. The number of carbonyl (C=O) groups is 1. The molecule has 0 unspecified atom stereocenters. The summed E-state index contributed by atoms with van der Waals surface area (Å²) in [6, 6.07) is 0. The molecule has 3 heteroatoms. The summed E-state index contributed by atoms with van der Waals surface area (Å²) in [7, 11) is 0. The summed E-state index contributed by atoms with van der Waals surface area (Å²) >= 11 is 0. The fraction of sp³-hybridized carbons (Fsp3) is 0.875. The van der Waals surface area contributed by atoms with Crippen molar-refractivity contribution in [2.75, 3.05) is 0 Å². The number of carbonyl (C=O) groups excluding carboxylic acids is 1. The lowest BCUT2D eigenvalue weighted by atomic mass is 9.45. The highest BCUT2D eigenvalue weighted by atomic mass is 16.6. The second-order valence-corrected chi connectivity index (χ2v) is 11.7. The third-order valence-electron chi connectivity index (χ3n) is 11.0. The molecule has 0 aromatic rings. The van der Waals surface area contributed by atoms with Gasteiger partial charge in [-0.3, -0.25) is 4.79 Å². The molecule has 0 bridgehead atoms. The molecule has 6 aliphatic carbocycles. The van der Waals surface area contributed by atoms with Crippen LogP contribution in [0.15, 0.2) is 11.6 Å². The van der Waals surface area contributed by atoms with Crippen molar-refractivity contribution in [2.24, 2.45) is 52.3 Å². The SMILES string of the molecule is C[C@]12CCC(=O)C=C1[C@@H]1C[C@@H]1[C@H]1[C@@H]3[C@@H]4C[C@@H]4[C@@]4(CC[C@H](O)O4)[C@@]3(C)CC[C@@H]12. The van der Waals surface area contributed by atoms with Gasteiger partial charge in [-0.2, -0.15) is 0 Å². The third-order valence-corrected chi connectivity index (χ3v) is 11.0. The lowest BCUT2D eigenvalue weighted by Gasteiger charge is -2.60. The molecule has 3 nitrogen and oxygen atoms in total. The van der Waals surface area contributed by atoms with Gasteiger partial charge in [-0.1, -0.05) is 19.4 Å². The van der Waals surface area contributed by atoms with Crippen LogP contribution in [-0.4, -0.2) is 22.8 Å². The maximum atomic E-state index is 12.2. The van der Waals surface area contributed by atoms with Gasteiger partial charge in [0.1, 0.15) is 0 Å². The molecule has 0 aromatic carbocycles. The van der Waals surface area contributed by atoms with Gasteiger partial charge in [0.25, 0.3) is 0 Å². The molecule has 7 rings (SSSR count). The molecule has 1 spiro atoms. The van der Waals surface area contributed by atoms with Crippen LogP contribution in [-0.2, 0) is 9.53 Å². The second kappa shape index (κ2) is 4.56. The number of ketones is 1. The minimum absolute atomic E-state index is 0.0311. The van der Waals surface area contributed by atoms with Gasteiger partial charge in [0.2, 0.25) is 0 Å². The van der Waals surface area contributed by atoms with Gasteiger partial charge in [0.05, 0.1) is 5.60 Å². The van der Waals surface area contributed by atoms with Crippen molar-refractivity contribution in [3.05, 3.63) is 11.6 Å². The van der Waals surface area contributed by atoms with Crippen LogP contribution in [0.5, 0.6) is 0 Å². The Balaban J connectivity index is 1.33. The summed E-state index contributed by atoms with van der Waals surface area (Å²) in [6.07, 6.45) is 10.5. The zero-order valence-corrected chi connectivity index (χ0v) is 16.6. The van der Waals surface area contributed by atoms with E-state index < -0.39 is 6.29 Å². The van der Waals surface area contributed by atoms with Crippen LogP contribution in [0.2, 0.25) is 0 Å². The van der Waals surface area contributed by atoms with Crippen molar-refractivity contribution in [2.45, 2.75) is 77.1 Å². The summed E-state index contributed by atoms with van der Waals surface area (Å²) < 4.78 is 6.41. The van der Waals surface area contributed by atoms with E-state index in [1.807, 2.05) is 0 Å². The maximum Gasteiger partial charge on any atom is 0.155 e. The molecule has 6 fully saturated rings. The maximum absolute atomic E-state index is 12.2. The van der Waals surface area contributed by atoms with E-state index in [4.69, 9.17) is 4.74 Å². The highest BCUT2D eigenvalue weighted by Crippen LogP contribution is 2.82. The lowest BCUT2D eigenvalue weighted by Crippen LogP contribution is -2.57. The zero-order chi connectivity index (χ0) is 18.3. The van der Waals surface area contributed by atoms with E-state index in [2.05, 4.69) is 19.9 Å². The molecule has 11 atom stereocenters. The zero-order valence-electron chi connectivity index (χ0n) is 16.6. The molecule has 27 heavy (non-hydrogen) atoms. The highest BCUT2D eigenvalue weighted by Gasteiger charge is 2.80. The van der Waals surface area contributed by atoms with E-state index in [0.717, 1.165) is 55.3 Å². The summed E-state index contributed by atoms with van der Waals surface area (Å²) in [5.41, 5.74) is 2.04. The van der Waals surface area contributed by atoms with Crippen molar-refractivity contribution in [3.8, 4) is 0 Å². The van der Waals surface area contributed by atoms with Gasteiger partial charge >= 0.3 is 0 Å². The van der Waals surface area contributed by atoms with Crippen molar-refractivity contribution < 1.29 is 14.6 Å². The first-order chi connectivity index (χ1) is 12.9. The molecule has 1 aliphatic heterocycles. The minimum atomic E-state index is -0.531. The molecule has 1 N–H and O–H groups in total. The smallest absolute Gasteiger partial charge is 0.155 e. The number of ether oxygens (including phenoxy) is 1. The van der Waals surface area contributed by atoms with Gasteiger partial charge < -0.3 is 9.84 Å². The van der Waals surface area contributed by atoms with Gasteiger partial charge in [0, 0.05) is 18.3 Å². The number of rotatable bonds is 0. The van der Waals surface area contributed by atoms with E-state index in [-0.39, 0.29) is 16.4 Å². The van der Waals surface area contributed by atoms with Crippen molar-refractivity contribution in [1.82, 2.24) is 0 Å². The lowest BCUT2D eigenvalue weighted by molar-refractivity contribution is -0.210. The Labute approximate surface area is 161 Å². The molecule has 5 saturated carbocycles. The minimum Gasteiger partial charge on any atom is -0.368 e. The molecular weight excluding hydrogens is 336 g/mol. The predicted molar refractivity (Wildman–Crippen MR) is 100 cm³/mol. The Bertz CT molecular complexity index is 786. The molecule has 146 valence electrons. The Morgan fingerprint density at radius 3 is 2.70 bits per heavy atom. The fourth-order valence-corrected chi connectivity index (χ4v) is 9.88. The third kappa shape index (κ3) is 1.65. The predicted octanol–water partition coefficient (Wildman–Crippen LogP) is 4.10. The molecular formula is C24H32O3. The number of aliphatic hydroxyl groups excluding tert-OH is 1. The molecule has 1 saturated heterocycles. The summed E-state index contributed by atoms with van der Waals surface area (Å²) in [4.78, 5) is 12.2. The quantitative estimate of drug-likeness (QED) is 0.700. The van der Waals surface area contributed by atoms with Crippen LogP contribution in [0.3, 0.4) is 0 Å². The van der Waals surface area contributed by atoms with Crippen LogP contribution in [0.4, 0.5) is 0 Å². The first-order valence-electron chi connectivity index (χ1n) is 11.5. The van der Waals surface area contributed by atoms with Crippen molar-refractivity contribution in [3.63, 3.8) is 0 Å². The number of hydrogen-bond acceptors (Lipinski definition) is 3. The van der Waals surface area contributed by atoms with Crippen LogP contribution >= 0.6 is 0 Å². The largest absolute Gasteiger partial charge is 0.368 e. The summed E-state index contributed by atoms with van der Waals surface area (Å²) in [6.45, 7) is 5.04. The monoisotopic (exact) mass is 368 g/mol. The topological polar surface area (TPSA) is 46.5 Å². The molecule has 0 amide bonds. The first-order valence-corrected chi connectivity index (χ1v) is 11.5. The standard InChI is InChI=1S/C24H32O3/c1-22-6-3-12(25)9-17(22)13-10-14(13)20-16(22)4-7-23(2)21(20)15-11-18(15)24(23)8-5-19(26)27-24/h9,13-16,18-21,26H,3-8,10-11H2,1-2H3/t13-,14+,15-,16+,18+,19-,20-,21+,22-,23+,24+/m1/s1. The van der Waals surface area contributed by atoms with Crippen LogP contribution in [0.25, 0.3) is 0 Å². The Hall–Kier alpha value is -0.670. The van der Waals surface area contributed by atoms with Crippen LogP contribution < -0.4 is 0 Å². The van der Waals surface area contributed by atoms with E-state index in [1.165, 1.54) is 25.7 Å². The van der Waals surface area contributed by atoms with Crippen molar-refractivity contribution in [1.29, 1.82) is 0 Å². The molecule has 0 radical (unpaired) electrons. The average Bonchev–Trinajstić information content (AvgIpc) is 3.53. The van der Waals surface area contributed by atoms with E-state index >= 15 is 0 Å². The van der Waals surface area contributed by atoms with E-state index in [0.29, 0.717) is 17.6 Å². The van der Waals surface area contributed by atoms with Gasteiger partial charge in [0.15, 0.2) is 12.1 Å². The summed E-state index contributed by atoms with van der Waals surface area (Å²) in [5, 5.41) is 10.2. The molecule has 1 heterocycles. The molecule has 7 aliphatic rings. The number of aliphatic hydroxyl groups is 1. The second-order valence-electron chi connectivity index (χ2n) is 11.7. The Morgan fingerprint density at radius 2 is 1.93 bits per heavy atom. The number of fused-ring (bicyclic) bond motifs is 12. The van der Waals surface area contributed by atoms with E-state index in [1.54, 1.807) is 5.57 Å². The highest BCUT2D eigenvalue weighted by molar-refractivity contribution is 5.92. The Morgan fingerprint density at radius 1 is 1.07 bits per heavy atom. The van der Waals surface area contributed by atoms with Gasteiger partial charge in [-0.05, 0) is 91.4 Å². The van der Waals surface area contributed by atoms with Crippen LogP contribution in [0.1, 0.15) is 65.2 Å².